The largest absolute Gasteiger partial charge is 0.492 e. The number of hydrogen-bond donors (Lipinski definition) is 3. The molecule has 0 aliphatic carbocycles. The quantitative estimate of drug-likeness (QED) is 0.170. The maximum atomic E-state index is 13.5. The van der Waals surface area contributed by atoms with E-state index in [1.807, 2.05) is 6.20 Å². The molecule has 0 saturated heterocycles. The minimum absolute atomic E-state index is 0. The van der Waals surface area contributed by atoms with E-state index < -0.39 is 9.84 Å². The van der Waals surface area contributed by atoms with E-state index in [0.717, 1.165) is 16.5 Å². The number of hydrogen-bond acceptors (Lipinski definition) is 4. The molecule has 10 heteroatoms. The Labute approximate surface area is 198 Å². The minimum Gasteiger partial charge on any atom is -0.492 e. The Bertz CT molecular complexity index is 1130. The lowest BCUT2D eigenvalue weighted by Crippen LogP contribution is -2.40. The van der Waals surface area contributed by atoms with Gasteiger partial charge in [-0.25, -0.2) is 12.8 Å². The molecule has 0 radical (unpaired) electrons. The van der Waals surface area contributed by atoms with E-state index in [-0.39, 0.29) is 34.7 Å². The lowest BCUT2D eigenvalue weighted by molar-refractivity contribution is 0.321. The van der Waals surface area contributed by atoms with Crippen molar-refractivity contribution in [2.24, 2.45) is 4.99 Å². The van der Waals surface area contributed by atoms with Crippen LogP contribution in [0.3, 0.4) is 0 Å². The molecule has 1 heterocycles. The number of H-pyrrole nitrogens is 1. The molecule has 0 atom stereocenters. The number of fused-ring (bicyclic) bond motifs is 1. The Balaban J connectivity index is 0.00000341. The number of sulfone groups is 1. The van der Waals surface area contributed by atoms with Crippen LogP contribution in [-0.4, -0.2) is 52.4 Å². The topological polar surface area (TPSA) is 95.6 Å². The van der Waals surface area contributed by atoms with E-state index in [0.29, 0.717) is 37.8 Å². The number of guanidine groups is 1. The fourth-order valence-corrected chi connectivity index (χ4v) is 3.65. The first-order chi connectivity index (χ1) is 14.4. The lowest BCUT2D eigenvalue weighted by Gasteiger charge is -2.12. The highest BCUT2D eigenvalue weighted by atomic mass is 127. The van der Waals surface area contributed by atoms with E-state index in [2.05, 4.69) is 20.6 Å². The zero-order valence-electron chi connectivity index (χ0n) is 17.3. The molecular formula is C21H26FIN4O3S. The Morgan fingerprint density at radius 1 is 1.13 bits per heavy atom. The third-order valence-electron chi connectivity index (χ3n) is 4.55. The summed E-state index contributed by atoms with van der Waals surface area (Å²) in [6.45, 7) is 1.55. The second-order valence-corrected chi connectivity index (χ2v) is 8.79. The van der Waals surface area contributed by atoms with Crippen LogP contribution in [0.25, 0.3) is 10.9 Å². The lowest BCUT2D eigenvalue weighted by atomic mass is 10.1. The van der Waals surface area contributed by atoms with Crippen LogP contribution in [0.1, 0.15) is 5.56 Å². The summed E-state index contributed by atoms with van der Waals surface area (Å²) in [5.74, 6) is 0.982. The maximum Gasteiger partial charge on any atom is 0.191 e. The number of rotatable bonds is 8. The van der Waals surface area contributed by atoms with Gasteiger partial charge in [0.15, 0.2) is 15.8 Å². The summed E-state index contributed by atoms with van der Waals surface area (Å²) in [6, 6.07) is 11.0. The third-order valence-corrected chi connectivity index (χ3v) is 5.68. The van der Waals surface area contributed by atoms with Crippen LogP contribution in [-0.2, 0) is 16.3 Å². The van der Waals surface area contributed by atoms with Gasteiger partial charge < -0.3 is 20.4 Å². The van der Waals surface area contributed by atoms with Gasteiger partial charge in [0.05, 0.1) is 11.4 Å². The van der Waals surface area contributed by atoms with E-state index in [9.17, 15) is 12.8 Å². The Kier molecular flexibility index (Phi) is 9.11. The molecule has 3 rings (SSSR count). The number of aromatic nitrogens is 1. The molecule has 3 aromatic rings. The maximum absolute atomic E-state index is 13.5. The SMILES string of the molecule is CN=C(NCCOc1ccc(S(C)(=O)=O)cc1)NCCc1c[nH]c2ccc(F)cc12.I. The summed E-state index contributed by atoms with van der Waals surface area (Å²) in [7, 11) is -1.53. The highest BCUT2D eigenvalue weighted by molar-refractivity contribution is 14.0. The van der Waals surface area contributed by atoms with Crippen molar-refractivity contribution in [1.29, 1.82) is 0 Å². The zero-order chi connectivity index (χ0) is 21.6. The molecule has 31 heavy (non-hydrogen) atoms. The van der Waals surface area contributed by atoms with Crippen molar-refractivity contribution >= 4 is 50.7 Å². The average molecular weight is 560 g/mol. The number of aliphatic imine (C=N–C) groups is 1. The number of halogens is 2. The standard InChI is InChI=1S/C21H25FN4O3S.HI/c1-23-21(24-10-9-15-14-26-20-8-3-16(22)13-19(15)20)25-11-12-29-17-4-6-18(7-5-17)30(2,27)28;/h3-8,13-14,26H,9-12H2,1-2H3,(H2,23,24,25);1H. The van der Waals surface area contributed by atoms with Crippen LogP contribution in [0, 0.1) is 5.82 Å². The van der Waals surface area contributed by atoms with Crippen LogP contribution in [0.5, 0.6) is 5.75 Å². The predicted octanol–water partition coefficient (Wildman–Crippen LogP) is 3.12. The predicted molar refractivity (Wildman–Crippen MR) is 132 cm³/mol. The molecule has 7 nitrogen and oxygen atoms in total. The molecule has 0 saturated carbocycles. The van der Waals surface area contributed by atoms with Crippen LogP contribution in [0.2, 0.25) is 0 Å². The summed E-state index contributed by atoms with van der Waals surface area (Å²) in [4.78, 5) is 7.58. The van der Waals surface area contributed by atoms with E-state index in [1.165, 1.54) is 30.5 Å². The van der Waals surface area contributed by atoms with Crippen molar-refractivity contribution in [2.45, 2.75) is 11.3 Å². The molecule has 168 valence electrons. The summed E-state index contributed by atoms with van der Waals surface area (Å²) < 4.78 is 42.0. The number of nitrogens with zero attached hydrogens (tertiary/aromatic N) is 1. The van der Waals surface area contributed by atoms with Gasteiger partial charge >= 0.3 is 0 Å². The second-order valence-electron chi connectivity index (χ2n) is 6.77. The molecule has 0 bridgehead atoms. The molecule has 0 spiro atoms. The van der Waals surface area contributed by atoms with E-state index >= 15 is 0 Å². The van der Waals surface area contributed by atoms with Crippen molar-refractivity contribution in [3.8, 4) is 5.75 Å². The van der Waals surface area contributed by atoms with Gasteiger partial charge in [0.1, 0.15) is 18.2 Å². The van der Waals surface area contributed by atoms with Crippen molar-refractivity contribution in [3.05, 3.63) is 60.0 Å². The third kappa shape index (κ3) is 7.10. The molecule has 0 amide bonds. The molecule has 3 N–H and O–H groups in total. The Morgan fingerprint density at radius 3 is 2.52 bits per heavy atom. The van der Waals surface area contributed by atoms with Crippen molar-refractivity contribution in [1.82, 2.24) is 15.6 Å². The van der Waals surface area contributed by atoms with Crippen LogP contribution in [0.4, 0.5) is 4.39 Å². The molecule has 0 aliphatic heterocycles. The van der Waals surface area contributed by atoms with Crippen LogP contribution < -0.4 is 15.4 Å². The molecule has 0 fully saturated rings. The fourth-order valence-electron chi connectivity index (χ4n) is 3.02. The van der Waals surface area contributed by atoms with Gasteiger partial charge in [-0.05, 0) is 54.4 Å². The van der Waals surface area contributed by atoms with Crippen LogP contribution in [0.15, 0.2) is 58.5 Å². The first kappa shape index (κ1) is 24.9. The Hall–Kier alpha value is -2.34. The summed E-state index contributed by atoms with van der Waals surface area (Å²) in [5.41, 5.74) is 1.95. The van der Waals surface area contributed by atoms with Gasteiger partial charge in [-0.2, -0.15) is 0 Å². The van der Waals surface area contributed by atoms with Gasteiger partial charge in [-0.15, -0.1) is 24.0 Å². The smallest absolute Gasteiger partial charge is 0.191 e. The number of ether oxygens (including phenoxy) is 1. The number of aromatic amines is 1. The first-order valence-corrected chi connectivity index (χ1v) is 11.4. The molecule has 0 aliphatic rings. The van der Waals surface area contributed by atoms with E-state index in [4.69, 9.17) is 4.74 Å². The number of benzene rings is 2. The number of nitrogens with one attached hydrogen (secondary N) is 3. The van der Waals surface area contributed by atoms with Crippen LogP contribution >= 0.6 is 24.0 Å². The van der Waals surface area contributed by atoms with Gasteiger partial charge in [0.2, 0.25) is 0 Å². The Morgan fingerprint density at radius 2 is 1.84 bits per heavy atom. The highest BCUT2D eigenvalue weighted by Gasteiger charge is 2.07. The molecule has 1 aromatic heterocycles. The molecule has 2 aromatic carbocycles. The zero-order valence-corrected chi connectivity index (χ0v) is 20.5. The van der Waals surface area contributed by atoms with E-state index in [1.54, 1.807) is 25.2 Å². The second kappa shape index (κ2) is 11.3. The monoisotopic (exact) mass is 560 g/mol. The van der Waals surface area contributed by atoms with Crippen molar-refractivity contribution in [2.75, 3.05) is 33.0 Å². The first-order valence-electron chi connectivity index (χ1n) is 9.50. The van der Waals surface area contributed by atoms with Crippen molar-refractivity contribution < 1.29 is 17.5 Å². The van der Waals surface area contributed by atoms with Crippen molar-refractivity contribution in [3.63, 3.8) is 0 Å². The molecule has 0 unspecified atom stereocenters. The molecular weight excluding hydrogens is 534 g/mol. The van der Waals surface area contributed by atoms with Gasteiger partial charge in [-0.1, -0.05) is 0 Å². The van der Waals surface area contributed by atoms with Gasteiger partial charge in [0.25, 0.3) is 0 Å². The normalized spacial score (nSPS) is 11.8. The fraction of sp³-hybridized carbons (Fsp3) is 0.286. The minimum atomic E-state index is -3.21. The average Bonchev–Trinajstić information content (AvgIpc) is 3.11. The summed E-state index contributed by atoms with van der Waals surface area (Å²) in [5, 5.41) is 7.25. The summed E-state index contributed by atoms with van der Waals surface area (Å²) in [6.07, 6.45) is 3.78. The highest BCUT2D eigenvalue weighted by Crippen LogP contribution is 2.19. The van der Waals surface area contributed by atoms with Gasteiger partial charge in [-0.3, -0.25) is 4.99 Å². The van der Waals surface area contributed by atoms with Gasteiger partial charge in [0, 0.05) is 36.9 Å². The summed E-state index contributed by atoms with van der Waals surface area (Å²) >= 11 is 0.